The zero-order chi connectivity index (χ0) is 11.3. The lowest BCUT2D eigenvalue weighted by Crippen LogP contribution is -2.12. The number of alkyl halides is 1. The van der Waals surface area contributed by atoms with E-state index >= 15 is 0 Å². The molecule has 82 valence electrons. The molecule has 1 rings (SSSR count). The van der Waals surface area contributed by atoms with Crippen LogP contribution < -0.4 is 10.1 Å². The Morgan fingerprint density at radius 3 is 2.87 bits per heavy atom. The largest absolute Gasteiger partial charge is 0.497 e. The van der Waals surface area contributed by atoms with Gasteiger partial charge >= 0.3 is 0 Å². The summed E-state index contributed by atoms with van der Waals surface area (Å²) < 4.78 is 5.07. The number of hydrogen-bond donors (Lipinski definition) is 1. The summed E-state index contributed by atoms with van der Waals surface area (Å²) in [5.41, 5.74) is 1.77. The summed E-state index contributed by atoms with van der Waals surface area (Å²) in [4.78, 5) is 11.3. The minimum absolute atomic E-state index is 0.0821. The molecule has 1 amide bonds. The van der Waals surface area contributed by atoms with Crippen molar-refractivity contribution in [2.75, 3.05) is 18.3 Å². The van der Waals surface area contributed by atoms with Crippen LogP contribution in [0.15, 0.2) is 18.2 Å². The van der Waals surface area contributed by atoms with E-state index in [1.807, 2.05) is 19.1 Å². The maximum atomic E-state index is 11.3. The van der Waals surface area contributed by atoms with Crippen LogP contribution >= 0.6 is 11.6 Å². The predicted molar refractivity (Wildman–Crippen MR) is 61.7 cm³/mol. The predicted octanol–water partition coefficient (Wildman–Crippen LogP) is 2.57. The molecule has 3 nitrogen and oxygen atoms in total. The Morgan fingerprint density at radius 1 is 1.53 bits per heavy atom. The van der Waals surface area contributed by atoms with Gasteiger partial charge < -0.3 is 10.1 Å². The van der Waals surface area contributed by atoms with Crippen LogP contribution in [0.5, 0.6) is 5.75 Å². The molecule has 0 saturated carbocycles. The number of ether oxygens (including phenoxy) is 1. The number of carbonyl (C=O) groups is 1. The standard InChI is InChI=1S/C11H14ClNO2/c1-8-3-4-9(15-2)7-10(8)13-11(14)5-6-12/h3-4,7H,5-6H2,1-2H3,(H,13,14). The van der Waals surface area contributed by atoms with Crippen molar-refractivity contribution in [1.29, 1.82) is 0 Å². The molecular formula is C11H14ClNO2. The quantitative estimate of drug-likeness (QED) is 0.803. The van der Waals surface area contributed by atoms with Gasteiger partial charge in [-0.3, -0.25) is 4.79 Å². The number of aryl methyl sites for hydroxylation is 1. The number of halogens is 1. The van der Waals surface area contributed by atoms with E-state index in [0.717, 1.165) is 17.0 Å². The molecule has 0 heterocycles. The van der Waals surface area contributed by atoms with Crippen LogP contribution in [0.2, 0.25) is 0 Å². The Balaban J connectivity index is 2.79. The van der Waals surface area contributed by atoms with Gasteiger partial charge in [-0.25, -0.2) is 0 Å². The number of anilines is 1. The molecule has 0 spiro atoms. The van der Waals surface area contributed by atoms with Crippen molar-refractivity contribution in [1.82, 2.24) is 0 Å². The number of hydrogen-bond acceptors (Lipinski definition) is 2. The summed E-state index contributed by atoms with van der Waals surface area (Å²) >= 11 is 5.48. The zero-order valence-corrected chi connectivity index (χ0v) is 9.60. The maximum absolute atomic E-state index is 11.3. The molecule has 0 radical (unpaired) electrons. The van der Waals surface area contributed by atoms with E-state index in [1.165, 1.54) is 0 Å². The van der Waals surface area contributed by atoms with E-state index < -0.39 is 0 Å². The molecular weight excluding hydrogens is 214 g/mol. The lowest BCUT2D eigenvalue weighted by molar-refractivity contribution is -0.115. The Morgan fingerprint density at radius 2 is 2.27 bits per heavy atom. The van der Waals surface area contributed by atoms with Crippen LogP contribution in [0, 0.1) is 6.92 Å². The average molecular weight is 228 g/mol. The molecule has 0 aliphatic rings. The van der Waals surface area contributed by atoms with Gasteiger partial charge in [0, 0.05) is 24.1 Å². The van der Waals surface area contributed by atoms with Crippen LogP contribution in [0.1, 0.15) is 12.0 Å². The molecule has 0 atom stereocenters. The van der Waals surface area contributed by atoms with Crippen molar-refractivity contribution in [2.24, 2.45) is 0 Å². The molecule has 0 aliphatic carbocycles. The fourth-order valence-corrected chi connectivity index (χ4v) is 1.33. The van der Waals surface area contributed by atoms with Gasteiger partial charge in [0.05, 0.1) is 7.11 Å². The van der Waals surface area contributed by atoms with Crippen molar-refractivity contribution < 1.29 is 9.53 Å². The lowest BCUT2D eigenvalue weighted by atomic mass is 10.2. The molecule has 1 aromatic carbocycles. The van der Waals surface area contributed by atoms with Crippen LogP contribution in [0.3, 0.4) is 0 Å². The Bertz CT molecular complexity index is 352. The first-order valence-electron chi connectivity index (χ1n) is 4.68. The number of methoxy groups -OCH3 is 1. The highest BCUT2D eigenvalue weighted by Gasteiger charge is 2.05. The van der Waals surface area contributed by atoms with Gasteiger partial charge in [0.25, 0.3) is 0 Å². The molecule has 1 N–H and O–H groups in total. The zero-order valence-electron chi connectivity index (χ0n) is 8.84. The van der Waals surface area contributed by atoms with Crippen molar-refractivity contribution >= 4 is 23.2 Å². The van der Waals surface area contributed by atoms with E-state index in [4.69, 9.17) is 16.3 Å². The van der Waals surface area contributed by atoms with E-state index in [1.54, 1.807) is 13.2 Å². The fraction of sp³-hybridized carbons (Fsp3) is 0.364. The summed E-state index contributed by atoms with van der Waals surface area (Å²) in [7, 11) is 1.59. The highest BCUT2D eigenvalue weighted by molar-refractivity contribution is 6.19. The summed E-state index contributed by atoms with van der Waals surface area (Å²) in [5, 5.41) is 2.78. The third kappa shape index (κ3) is 3.44. The van der Waals surface area contributed by atoms with Crippen LogP contribution in [0.4, 0.5) is 5.69 Å². The Hall–Kier alpha value is -1.22. The molecule has 15 heavy (non-hydrogen) atoms. The minimum Gasteiger partial charge on any atom is -0.497 e. The molecule has 0 aromatic heterocycles. The monoisotopic (exact) mass is 227 g/mol. The second kappa shape index (κ2) is 5.61. The van der Waals surface area contributed by atoms with Gasteiger partial charge in [-0.15, -0.1) is 11.6 Å². The fourth-order valence-electron chi connectivity index (χ4n) is 1.16. The number of carbonyl (C=O) groups excluding carboxylic acids is 1. The van der Waals surface area contributed by atoms with Gasteiger partial charge in [0.15, 0.2) is 0 Å². The first-order chi connectivity index (χ1) is 7.17. The molecule has 0 bridgehead atoms. The first-order valence-corrected chi connectivity index (χ1v) is 5.21. The molecule has 4 heteroatoms. The SMILES string of the molecule is COc1ccc(C)c(NC(=O)CCCl)c1. The molecule has 0 aliphatic heterocycles. The molecule has 0 fully saturated rings. The number of rotatable bonds is 4. The number of amides is 1. The van der Waals surface area contributed by atoms with Crippen LogP contribution in [0.25, 0.3) is 0 Å². The van der Waals surface area contributed by atoms with Gasteiger partial charge in [0.1, 0.15) is 5.75 Å². The van der Waals surface area contributed by atoms with Gasteiger partial charge in [-0.05, 0) is 18.6 Å². The number of nitrogens with one attached hydrogen (secondary N) is 1. The smallest absolute Gasteiger partial charge is 0.225 e. The highest BCUT2D eigenvalue weighted by Crippen LogP contribution is 2.21. The van der Waals surface area contributed by atoms with Crippen molar-refractivity contribution in [3.05, 3.63) is 23.8 Å². The second-order valence-electron chi connectivity index (χ2n) is 3.17. The summed E-state index contributed by atoms with van der Waals surface area (Å²) in [6, 6.07) is 5.54. The summed E-state index contributed by atoms with van der Waals surface area (Å²) in [6.45, 7) is 1.93. The van der Waals surface area contributed by atoms with Gasteiger partial charge in [0.2, 0.25) is 5.91 Å². The highest BCUT2D eigenvalue weighted by atomic mass is 35.5. The van der Waals surface area contributed by atoms with Gasteiger partial charge in [-0.2, -0.15) is 0 Å². The van der Waals surface area contributed by atoms with E-state index in [2.05, 4.69) is 5.32 Å². The van der Waals surface area contributed by atoms with Crippen molar-refractivity contribution in [3.8, 4) is 5.75 Å². The Kier molecular flexibility index (Phi) is 4.43. The minimum atomic E-state index is -0.0821. The van der Waals surface area contributed by atoms with Gasteiger partial charge in [-0.1, -0.05) is 6.07 Å². The van der Waals surface area contributed by atoms with Crippen LogP contribution in [-0.4, -0.2) is 18.9 Å². The first kappa shape index (κ1) is 11.9. The van der Waals surface area contributed by atoms with E-state index in [9.17, 15) is 4.79 Å². The van der Waals surface area contributed by atoms with Crippen molar-refractivity contribution in [3.63, 3.8) is 0 Å². The molecule has 1 aromatic rings. The van der Waals surface area contributed by atoms with E-state index in [-0.39, 0.29) is 5.91 Å². The summed E-state index contributed by atoms with van der Waals surface area (Å²) in [5.74, 6) is 0.970. The second-order valence-corrected chi connectivity index (χ2v) is 3.55. The maximum Gasteiger partial charge on any atom is 0.225 e. The van der Waals surface area contributed by atoms with Crippen molar-refractivity contribution in [2.45, 2.75) is 13.3 Å². The lowest BCUT2D eigenvalue weighted by Gasteiger charge is -2.09. The third-order valence-electron chi connectivity index (χ3n) is 2.04. The molecule has 0 saturated heterocycles. The normalized spacial score (nSPS) is 9.80. The van der Waals surface area contributed by atoms with E-state index in [0.29, 0.717) is 12.3 Å². The summed E-state index contributed by atoms with van der Waals surface area (Å²) in [6.07, 6.45) is 0.318. The topological polar surface area (TPSA) is 38.3 Å². The Labute approximate surface area is 94.4 Å². The number of benzene rings is 1. The third-order valence-corrected chi connectivity index (χ3v) is 2.23. The molecule has 0 unspecified atom stereocenters. The average Bonchev–Trinajstić information content (AvgIpc) is 2.21. The van der Waals surface area contributed by atoms with Crippen LogP contribution in [-0.2, 0) is 4.79 Å².